The van der Waals surface area contributed by atoms with Crippen LogP contribution in [-0.2, 0) is 0 Å². The van der Waals surface area contributed by atoms with Crippen molar-refractivity contribution in [2.45, 2.75) is 6.92 Å². The highest BCUT2D eigenvalue weighted by Gasteiger charge is 2.01. The van der Waals surface area contributed by atoms with Crippen molar-refractivity contribution in [1.29, 1.82) is 0 Å². The van der Waals surface area contributed by atoms with E-state index in [9.17, 15) is 0 Å². The first-order chi connectivity index (χ1) is 5.26. The Morgan fingerprint density at radius 1 is 1.55 bits per heavy atom. The third kappa shape index (κ3) is 3.79. The maximum absolute atomic E-state index is 3.74. The molecule has 1 nitrogen and oxygen atoms in total. The van der Waals surface area contributed by atoms with Crippen molar-refractivity contribution in [1.82, 2.24) is 5.32 Å². The van der Waals surface area contributed by atoms with Crippen LogP contribution in [0.4, 0.5) is 0 Å². The van der Waals surface area contributed by atoms with Crippen molar-refractivity contribution < 1.29 is 0 Å². The van der Waals surface area contributed by atoms with Crippen LogP contribution in [0.2, 0.25) is 0 Å². The quantitative estimate of drug-likeness (QED) is 0.594. The van der Waals surface area contributed by atoms with E-state index in [-0.39, 0.29) is 0 Å². The van der Waals surface area contributed by atoms with Gasteiger partial charge in [0.1, 0.15) is 0 Å². The Balaban J connectivity index is 4.12. The van der Waals surface area contributed by atoms with Crippen LogP contribution in [0.15, 0.2) is 37.0 Å². The van der Waals surface area contributed by atoms with Crippen molar-refractivity contribution in [3.63, 3.8) is 0 Å². The molecule has 1 unspecified atom stereocenters. The topological polar surface area (TPSA) is 12.0 Å². The SMILES string of the molecule is C=C/C=C(\C=C)C(C)CNC. The highest BCUT2D eigenvalue weighted by molar-refractivity contribution is 5.23. The molecule has 0 aromatic heterocycles. The molecule has 1 heteroatoms. The van der Waals surface area contributed by atoms with Crippen molar-refractivity contribution in [2.24, 2.45) is 5.92 Å². The molecule has 0 saturated carbocycles. The average molecular weight is 151 g/mol. The van der Waals surface area contributed by atoms with Gasteiger partial charge < -0.3 is 5.32 Å². The summed E-state index contributed by atoms with van der Waals surface area (Å²) in [6, 6.07) is 0. The van der Waals surface area contributed by atoms with Crippen LogP contribution in [0.3, 0.4) is 0 Å². The van der Waals surface area contributed by atoms with E-state index in [1.54, 1.807) is 6.08 Å². The van der Waals surface area contributed by atoms with E-state index in [0.29, 0.717) is 5.92 Å². The molecule has 62 valence electrons. The Hall–Kier alpha value is -0.820. The van der Waals surface area contributed by atoms with Crippen molar-refractivity contribution in [2.75, 3.05) is 13.6 Å². The molecule has 0 saturated heterocycles. The van der Waals surface area contributed by atoms with E-state index in [2.05, 4.69) is 25.4 Å². The van der Waals surface area contributed by atoms with Crippen molar-refractivity contribution in [3.8, 4) is 0 Å². The van der Waals surface area contributed by atoms with Crippen LogP contribution in [0.5, 0.6) is 0 Å². The lowest BCUT2D eigenvalue weighted by Crippen LogP contribution is -2.17. The zero-order chi connectivity index (χ0) is 8.69. The zero-order valence-electron chi connectivity index (χ0n) is 7.43. The lowest BCUT2D eigenvalue weighted by Gasteiger charge is -2.10. The van der Waals surface area contributed by atoms with Gasteiger partial charge in [0.2, 0.25) is 0 Å². The van der Waals surface area contributed by atoms with Gasteiger partial charge in [-0.3, -0.25) is 0 Å². The molecule has 0 heterocycles. The van der Waals surface area contributed by atoms with Crippen LogP contribution in [0.25, 0.3) is 0 Å². The number of hydrogen-bond acceptors (Lipinski definition) is 1. The molecule has 0 aliphatic carbocycles. The summed E-state index contributed by atoms with van der Waals surface area (Å²) >= 11 is 0. The summed E-state index contributed by atoms with van der Waals surface area (Å²) in [5.74, 6) is 0.510. The summed E-state index contributed by atoms with van der Waals surface area (Å²) in [4.78, 5) is 0. The first kappa shape index (κ1) is 10.2. The second-order valence-electron chi connectivity index (χ2n) is 2.57. The minimum atomic E-state index is 0.510. The maximum atomic E-state index is 3.74. The normalized spacial score (nSPS) is 14.2. The highest BCUT2D eigenvalue weighted by Crippen LogP contribution is 2.09. The summed E-state index contributed by atoms with van der Waals surface area (Å²) in [5.41, 5.74) is 1.23. The molecule has 11 heavy (non-hydrogen) atoms. The molecule has 0 fully saturated rings. The molecule has 1 N–H and O–H groups in total. The van der Waals surface area contributed by atoms with Gasteiger partial charge in [-0.05, 0) is 18.5 Å². The van der Waals surface area contributed by atoms with Crippen LogP contribution < -0.4 is 5.32 Å². The van der Waals surface area contributed by atoms with Crippen molar-refractivity contribution in [3.05, 3.63) is 37.0 Å². The van der Waals surface area contributed by atoms with Crippen molar-refractivity contribution >= 4 is 0 Å². The minimum absolute atomic E-state index is 0.510. The Morgan fingerprint density at radius 2 is 2.18 bits per heavy atom. The smallest absolute Gasteiger partial charge is 0.00144 e. The standard InChI is InChI=1S/C10H17N/c1-5-7-10(6-2)9(3)8-11-4/h5-7,9,11H,1-2,8H2,3-4H3/b10-7+. The van der Waals surface area contributed by atoms with Gasteiger partial charge in [-0.25, -0.2) is 0 Å². The number of rotatable bonds is 5. The van der Waals surface area contributed by atoms with E-state index >= 15 is 0 Å². The second-order valence-corrected chi connectivity index (χ2v) is 2.57. The summed E-state index contributed by atoms with van der Waals surface area (Å²) in [7, 11) is 1.95. The lowest BCUT2D eigenvalue weighted by molar-refractivity contribution is 0.630. The first-order valence-electron chi connectivity index (χ1n) is 3.86. The largest absolute Gasteiger partial charge is 0.319 e. The second kappa shape index (κ2) is 5.93. The van der Waals surface area contributed by atoms with Crippen LogP contribution in [0, 0.1) is 5.92 Å². The molecule has 0 aliphatic rings. The molecular formula is C10H17N. The zero-order valence-corrected chi connectivity index (χ0v) is 7.43. The van der Waals surface area contributed by atoms with Crippen LogP contribution in [-0.4, -0.2) is 13.6 Å². The van der Waals surface area contributed by atoms with E-state index < -0.39 is 0 Å². The van der Waals surface area contributed by atoms with Gasteiger partial charge in [0.25, 0.3) is 0 Å². The molecule has 0 bridgehead atoms. The summed E-state index contributed by atoms with van der Waals surface area (Å²) in [6.45, 7) is 10.5. The molecule has 0 aliphatic heterocycles. The molecule has 0 radical (unpaired) electrons. The van der Waals surface area contributed by atoms with Gasteiger partial charge in [-0.2, -0.15) is 0 Å². The monoisotopic (exact) mass is 151 g/mol. The van der Waals surface area contributed by atoms with E-state index in [1.165, 1.54) is 5.57 Å². The Kier molecular flexibility index (Phi) is 5.49. The summed E-state index contributed by atoms with van der Waals surface area (Å²) in [5, 5.41) is 3.12. The number of nitrogens with one attached hydrogen (secondary N) is 1. The first-order valence-corrected chi connectivity index (χ1v) is 3.86. The van der Waals surface area contributed by atoms with Gasteiger partial charge >= 0.3 is 0 Å². The Labute approximate surface area is 69.5 Å². The summed E-state index contributed by atoms with van der Waals surface area (Å²) in [6.07, 6.45) is 5.67. The maximum Gasteiger partial charge on any atom is 0.00144 e. The number of hydrogen-bond donors (Lipinski definition) is 1. The third-order valence-electron chi connectivity index (χ3n) is 1.63. The average Bonchev–Trinajstić information content (AvgIpc) is 2.00. The van der Waals surface area contributed by atoms with E-state index in [1.807, 2.05) is 19.2 Å². The molecule has 0 aromatic rings. The fourth-order valence-electron chi connectivity index (χ4n) is 0.994. The molecule has 1 atom stereocenters. The number of allylic oxidation sites excluding steroid dienone is 3. The Bertz CT molecular complexity index is 156. The predicted octanol–water partition coefficient (Wildman–Crippen LogP) is 2.14. The van der Waals surface area contributed by atoms with Crippen LogP contribution in [0.1, 0.15) is 6.92 Å². The van der Waals surface area contributed by atoms with Gasteiger partial charge in [0, 0.05) is 6.54 Å². The van der Waals surface area contributed by atoms with Gasteiger partial charge in [0.05, 0.1) is 0 Å². The van der Waals surface area contributed by atoms with Gasteiger partial charge in [-0.15, -0.1) is 0 Å². The minimum Gasteiger partial charge on any atom is -0.319 e. The molecule has 0 rings (SSSR count). The van der Waals surface area contributed by atoms with Gasteiger partial charge in [0.15, 0.2) is 0 Å². The fourth-order valence-corrected chi connectivity index (χ4v) is 0.994. The molecule has 0 spiro atoms. The molecule has 0 amide bonds. The highest BCUT2D eigenvalue weighted by atomic mass is 14.8. The molecular weight excluding hydrogens is 134 g/mol. The van der Waals surface area contributed by atoms with Gasteiger partial charge in [-0.1, -0.05) is 38.3 Å². The molecule has 0 aromatic carbocycles. The predicted molar refractivity (Wildman–Crippen MR) is 51.6 cm³/mol. The van der Waals surface area contributed by atoms with E-state index in [4.69, 9.17) is 0 Å². The third-order valence-corrected chi connectivity index (χ3v) is 1.63. The van der Waals surface area contributed by atoms with E-state index in [0.717, 1.165) is 6.54 Å². The van der Waals surface area contributed by atoms with Crippen LogP contribution >= 0.6 is 0 Å². The fraction of sp³-hybridized carbons (Fsp3) is 0.400. The summed E-state index contributed by atoms with van der Waals surface area (Å²) < 4.78 is 0. The Morgan fingerprint density at radius 3 is 2.55 bits per heavy atom. The lowest BCUT2D eigenvalue weighted by atomic mass is 10.0.